The van der Waals surface area contributed by atoms with Crippen LogP contribution >= 0.6 is 0 Å². The van der Waals surface area contributed by atoms with Crippen LogP contribution in [-0.4, -0.2) is 37.9 Å². The molecule has 2 rings (SSSR count). The third-order valence-corrected chi connectivity index (χ3v) is 5.52. The zero-order chi connectivity index (χ0) is 18.0. The fourth-order valence-electron chi connectivity index (χ4n) is 2.52. The summed E-state index contributed by atoms with van der Waals surface area (Å²) in [7, 11) is -5.28. The van der Waals surface area contributed by atoms with Gasteiger partial charge in [0.05, 0.1) is 11.3 Å². The van der Waals surface area contributed by atoms with E-state index in [9.17, 15) is 26.0 Å². The number of nitrogens with zero attached hydrogens (tertiary/aromatic N) is 2. The highest BCUT2D eigenvalue weighted by atomic mass is 32.2. The van der Waals surface area contributed by atoms with Crippen molar-refractivity contribution >= 4 is 15.7 Å². The van der Waals surface area contributed by atoms with E-state index < -0.39 is 21.3 Å². The summed E-state index contributed by atoms with van der Waals surface area (Å²) in [4.78, 5) is 0. The van der Waals surface area contributed by atoms with Gasteiger partial charge in [-0.1, -0.05) is 0 Å². The second-order valence-corrected chi connectivity index (χ2v) is 7.41. The van der Waals surface area contributed by atoms with Gasteiger partial charge in [0, 0.05) is 19.6 Å². The van der Waals surface area contributed by atoms with E-state index in [1.165, 1.54) is 12.1 Å². The summed E-state index contributed by atoms with van der Waals surface area (Å²) in [5, 5.41) is 11.9. The Labute approximate surface area is 136 Å². The number of nitriles is 1. The number of sulfonamides is 1. The molecule has 1 aliphatic rings. The molecule has 1 fully saturated rings. The van der Waals surface area contributed by atoms with Crippen LogP contribution in [0.5, 0.6) is 0 Å². The van der Waals surface area contributed by atoms with Gasteiger partial charge in [0.2, 0.25) is 0 Å². The van der Waals surface area contributed by atoms with Crippen LogP contribution in [-0.2, 0) is 10.0 Å². The molecule has 0 unspecified atom stereocenters. The maximum Gasteiger partial charge on any atom is 0.511 e. The zero-order valence-corrected chi connectivity index (χ0v) is 13.3. The van der Waals surface area contributed by atoms with Crippen LogP contribution < -0.4 is 5.32 Å². The molecule has 0 atom stereocenters. The lowest BCUT2D eigenvalue weighted by atomic mass is 9.98. The van der Waals surface area contributed by atoms with Crippen molar-refractivity contribution < 1.29 is 26.0 Å². The van der Waals surface area contributed by atoms with E-state index in [1.54, 1.807) is 0 Å². The lowest BCUT2D eigenvalue weighted by molar-refractivity contribution is -0.0496. The van der Waals surface area contributed by atoms with Crippen molar-refractivity contribution in [3.8, 4) is 6.07 Å². The first-order chi connectivity index (χ1) is 11.1. The number of hydrogen-bond donors (Lipinski definition) is 1. The molecular weight excluding hydrogens is 350 g/mol. The third kappa shape index (κ3) is 3.96. The van der Waals surface area contributed by atoms with E-state index in [4.69, 9.17) is 5.26 Å². The largest absolute Gasteiger partial charge is 0.511 e. The smallest absolute Gasteiger partial charge is 0.384 e. The van der Waals surface area contributed by atoms with Crippen molar-refractivity contribution in [2.24, 2.45) is 5.92 Å². The molecule has 0 saturated carbocycles. The van der Waals surface area contributed by atoms with Crippen LogP contribution in [0.3, 0.4) is 0 Å². The lowest BCUT2D eigenvalue weighted by Gasteiger charge is -2.31. The molecule has 1 N–H and O–H groups in total. The van der Waals surface area contributed by atoms with Crippen LogP contribution in [0.2, 0.25) is 0 Å². The fraction of sp³-hybridized carbons (Fsp3) is 0.500. The summed E-state index contributed by atoms with van der Waals surface area (Å²) < 4.78 is 73.6. The Bertz CT molecular complexity index is 735. The first-order valence-electron chi connectivity index (χ1n) is 7.15. The van der Waals surface area contributed by atoms with Crippen LogP contribution in [0.15, 0.2) is 18.2 Å². The standard InChI is InChI=1S/C14H15F4N3O2S/c15-12-1-2-13(11(7-12)8-19)20-9-10-3-5-21(6-4-10)24(22,23)14(16,17)18/h1-2,7,10,20H,3-6,9H2. The monoisotopic (exact) mass is 365 g/mol. The van der Waals surface area contributed by atoms with E-state index in [0.717, 1.165) is 6.07 Å². The van der Waals surface area contributed by atoms with Gasteiger partial charge < -0.3 is 5.32 Å². The van der Waals surface area contributed by atoms with E-state index in [2.05, 4.69) is 5.32 Å². The maximum atomic E-state index is 13.0. The van der Waals surface area contributed by atoms with Crippen LogP contribution in [0, 0.1) is 23.1 Å². The molecule has 1 saturated heterocycles. The van der Waals surface area contributed by atoms with Gasteiger partial charge in [-0.2, -0.15) is 22.7 Å². The Hall–Kier alpha value is -1.86. The Morgan fingerprint density at radius 3 is 2.46 bits per heavy atom. The molecular formula is C14H15F4N3O2S. The van der Waals surface area contributed by atoms with Gasteiger partial charge >= 0.3 is 15.5 Å². The molecule has 132 valence electrons. The van der Waals surface area contributed by atoms with E-state index in [1.807, 2.05) is 6.07 Å². The van der Waals surface area contributed by atoms with Gasteiger partial charge in [-0.15, -0.1) is 0 Å². The highest BCUT2D eigenvalue weighted by molar-refractivity contribution is 7.90. The van der Waals surface area contributed by atoms with Crippen molar-refractivity contribution in [1.82, 2.24) is 4.31 Å². The molecule has 0 bridgehead atoms. The molecule has 1 aliphatic heterocycles. The Kier molecular flexibility index (Phi) is 5.35. The molecule has 0 radical (unpaired) electrons. The number of rotatable bonds is 4. The summed E-state index contributed by atoms with van der Waals surface area (Å²) in [6, 6.07) is 5.55. The molecule has 1 heterocycles. The van der Waals surface area contributed by atoms with E-state index in [0.29, 0.717) is 16.5 Å². The highest BCUT2D eigenvalue weighted by Crippen LogP contribution is 2.30. The van der Waals surface area contributed by atoms with Gasteiger partial charge in [-0.05, 0) is 37.0 Å². The fourth-order valence-corrected chi connectivity index (χ4v) is 3.50. The minimum atomic E-state index is -5.28. The minimum absolute atomic E-state index is 0.0405. The van der Waals surface area contributed by atoms with E-state index in [-0.39, 0.29) is 37.4 Å². The summed E-state index contributed by atoms with van der Waals surface area (Å²) in [5.41, 5.74) is -4.72. The number of piperidine rings is 1. The summed E-state index contributed by atoms with van der Waals surface area (Å²) in [6.07, 6.45) is 0.538. The molecule has 24 heavy (non-hydrogen) atoms. The van der Waals surface area contributed by atoms with Crippen molar-refractivity contribution in [3.63, 3.8) is 0 Å². The Morgan fingerprint density at radius 1 is 1.29 bits per heavy atom. The van der Waals surface area contributed by atoms with Gasteiger partial charge in [0.15, 0.2) is 0 Å². The minimum Gasteiger partial charge on any atom is -0.384 e. The first-order valence-corrected chi connectivity index (χ1v) is 8.59. The molecule has 0 aliphatic carbocycles. The third-order valence-electron chi connectivity index (χ3n) is 3.89. The number of benzene rings is 1. The molecule has 1 aromatic carbocycles. The van der Waals surface area contributed by atoms with E-state index >= 15 is 0 Å². The van der Waals surface area contributed by atoms with Crippen molar-refractivity contribution in [2.45, 2.75) is 18.3 Å². The number of alkyl halides is 3. The quantitative estimate of drug-likeness (QED) is 0.833. The number of anilines is 1. The van der Waals surface area contributed by atoms with Crippen LogP contribution in [0.1, 0.15) is 18.4 Å². The number of nitrogens with one attached hydrogen (secondary N) is 1. The molecule has 0 aromatic heterocycles. The normalized spacial score (nSPS) is 17.5. The number of halogens is 4. The molecule has 5 nitrogen and oxygen atoms in total. The second-order valence-electron chi connectivity index (χ2n) is 5.48. The van der Waals surface area contributed by atoms with Crippen molar-refractivity contribution in [1.29, 1.82) is 5.26 Å². The Morgan fingerprint density at radius 2 is 1.92 bits per heavy atom. The lowest BCUT2D eigenvalue weighted by Crippen LogP contribution is -2.45. The van der Waals surface area contributed by atoms with Gasteiger partial charge in [-0.25, -0.2) is 12.8 Å². The highest BCUT2D eigenvalue weighted by Gasteiger charge is 2.50. The summed E-state index contributed by atoms with van der Waals surface area (Å²) >= 11 is 0. The first kappa shape index (κ1) is 18.5. The van der Waals surface area contributed by atoms with Crippen molar-refractivity contribution in [3.05, 3.63) is 29.6 Å². The SMILES string of the molecule is N#Cc1cc(F)ccc1NCC1CCN(S(=O)(=O)C(F)(F)F)CC1. The molecule has 1 aromatic rings. The van der Waals surface area contributed by atoms with Gasteiger partial charge in [0.25, 0.3) is 0 Å². The summed E-state index contributed by atoms with van der Waals surface area (Å²) in [5.74, 6) is -0.580. The Balaban J connectivity index is 1.92. The van der Waals surface area contributed by atoms with Crippen molar-refractivity contribution in [2.75, 3.05) is 25.0 Å². The van der Waals surface area contributed by atoms with Gasteiger partial charge in [-0.3, -0.25) is 0 Å². The maximum absolute atomic E-state index is 13.0. The average Bonchev–Trinajstić information content (AvgIpc) is 2.53. The molecule has 0 spiro atoms. The predicted molar refractivity (Wildman–Crippen MR) is 78.9 cm³/mol. The molecule has 0 amide bonds. The molecule has 10 heteroatoms. The average molecular weight is 365 g/mol. The summed E-state index contributed by atoms with van der Waals surface area (Å²) in [6.45, 7) is -0.0500. The van der Waals surface area contributed by atoms with Crippen LogP contribution in [0.4, 0.5) is 23.2 Å². The topological polar surface area (TPSA) is 73.2 Å². The van der Waals surface area contributed by atoms with Gasteiger partial charge in [0.1, 0.15) is 11.9 Å². The number of hydrogen-bond acceptors (Lipinski definition) is 4. The van der Waals surface area contributed by atoms with Crippen LogP contribution in [0.25, 0.3) is 0 Å². The zero-order valence-electron chi connectivity index (χ0n) is 12.5. The predicted octanol–water partition coefficient (Wildman–Crippen LogP) is 2.67. The second kappa shape index (κ2) is 6.94.